The Labute approximate surface area is 90.6 Å². The molecule has 2 aliphatic heterocycles. The summed E-state index contributed by atoms with van der Waals surface area (Å²) < 4.78 is 0. The van der Waals surface area contributed by atoms with Gasteiger partial charge in [-0.05, 0) is 27.2 Å². The van der Waals surface area contributed by atoms with Crippen LogP contribution in [-0.2, 0) is 4.79 Å². The summed E-state index contributed by atoms with van der Waals surface area (Å²) in [5.74, 6) is 0.333. The molecule has 2 atom stereocenters. The van der Waals surface area contributed by atoms with Crippen LogP contribution >= 0.6 is 0 Å². The van der Waals surface area contributed by atoms with E-state index in [4.69, 9.17) is 0 Å². The number of hydrogen-bond donors (Lipinski definition) is 3. The average molecular weight is 212 g/mol. The van der Waals surface area contributed by atoms with Crippen molar-refractivity contribution in [2.45, 2.75) is 38.9 Å². The van der Waals surface area contributed by atoms with Crippen molar-refractivity contribution in [2.24, 2.45) is 5.92 Å². The minimum absolute atomic E-state index is 0.0687. The first-order chi connectivity index (χ1) is 7.00. The van der Waals surface area contributed by atoms with Gasteiger partial charge in [-0.2, -0.15) is 0 Å². The molecular weight excluding hydrogens is 192 g/mol. The van der Waals surface area contributed by atoms with Crippen molar-refractivity contribution >= 4 is 5.91 Å². The molecule has 1 amide bonds. The molecule has 0 aromatic rings. The summed E-state index contributed by atoms with van der Waals surface area (Å²) in [6, 6.07) is 0. The summed E-state index contributed by atoms with van der Waals surface area (Å²) in [4.78, 5) is 14.1. The minimum atomic E-state index is -0.0973. The normalized spacial score (nSPS) is 32.7. The highest BCUT2D eigenvalue weighted by Crippen LogP contribution is 2.23. The molecule has 0 radical (unpaired) electrons. The van der Waals surface area contributed by atoms with Gasteiger partial charge in [0.15, 0.2) is 0 Å². The topological polar surface area (TPSA) is 56.4 Å². The van der Waals surface area contributed by atoms with Crippen LogP contribution in [0.1, 0.15) is 27.2 Å². The van der Waals surface area contributed by atoms with Gasteiger partial charge in [0.2, 0.25) is 5.91 Å². The van der Waals surface area contributed by atoms with Gasteiger partial charge < -0.3 is 4.90 Å². The van der Waals surface area contributed by atoms with Crippen molar-refractivity contribution in [2.75, 3.05) is 13.2 Å². The van der Waals surface area contributed by atoms with E-state index in [9.17, 15) is 4.79 Å². The predicted molar refractivity (Wildman–Crippen MR) is 57.6 cm³/mol. The van der Waals surface area contributed by atoms with Gasteiger partial charge in [-0.25, -0.2) is 5.43 Å². The fraction of sp³-hybridized carbons (Fsp3) is 0.900. The third-order valence-electron chi connectivity index (χ3n) is 3.10. The lowest BCUT2D eigenvalue weighted by atomic mass is 9.93. The molecule has 2 fully saturated rings. The summed E-state index contributed by atoms with van der Waals surface area (Å²) >= 11 is 0. The Bertz CT molecular complexity index is 261. The Morgan fingerprint density at radius 3 is 2.80 bits per heavy atom. The number of nitrogens with zero attached hydrogens (tertiary/aromatic N) is 1. The molecule has 3 N–H and O–H groups in total. The molecule has 2 aliphatic rings. The van der Waals surface area contributed by atoms with E-state index in [1.54, 1.807) is 0 Å². The quantitative estimate of drug-likeness (QED) is 0.512. The Morgan fingerprint density at radius 2 is 2.13 bits per heavy atom. The Kier molecular flexibility index (Phi) is 2.70. The summed E-state index contributed by atoms with van der Waals surface area (Å²) in [6.45, 7) is 7.69. The number of nitrogens with one attached hydrogen (secondary N) is 3. The van der Waals surface area contributed by atoms with Gasteiger partial charge in [0.1, 0.15) is 0 Å². The van der Waals surface area contributed by atoms with Crippen LogP contribution < -0.4 is 16.2 Å². The van der Waals surface area contributed by atoms with Gasteiger partial charge >= 0.3 is 0 Å². The van der Waals surface area contributed by atoms with E-state index in [-0.39, 0.29) is 23.5 Å². The minimum Gasteiger partial charge on any atom is -0.325 e. The van der Waals surface area contributed by atoms with E-state index in [2.05, 4.69) is 36.9 Å². The molecule has 2 rings (SSSR count). The summed E-state index contributed by atoms with van der Waals surface area (Å²) in [5, 5.41) is 3.34. The van der Waals surface area contributed by atoms with Gasteiger partial charge in [-0.1, -0.05) is 0 Å². The highest BCUT2D eigenvalue weighted by molar-refractivity contribution is 5.81. The largest absolute Gasteiger partial charge is 0.325 e. The van der Waals surface area contributed by atoms with E-state index in [1.807, 2.05) is 4.90 Å². The van der Waals surface area contributed by atoms with E-state index in [0.717, 1.165) is 13.0 Å². The first-order valence-electron chi connectivity index (χ1n) is 5.53. The van der Waals surface area contributed by atoms with Crippen molar-refractivity contribution in [1.29, 1.82) is 0 Å². The van der Waals surface area contributed by atoms with Crippen LogP contribution in [0.3, 0.4) is 0 Å². The number of hydrogen-bond acceptors (Lipinski definition) is 4. The molecule has 0 aromatic carbocycles. The second-order valence-corrected chi connectivity index (χ2v) is 5.24. The molecule has 2 saturated heterocycles. The fourth-order valence-corrected chi connectivity index (χ4v) is 2.17. The van der Waals surface area contributed by atoms with Crippen LogP contribution in [0.2, 0.25) is 0 Å². The number of carbonyl (C=O) groups excluding carboxylic acids is 1. The van der Waals surface area contributed by atoms with Crippen LogP contribution in [0.4, 0.5) is 0 Å². The van der Waals surface area contributed by atoms with Crippen LogP contribution in [0.15, 0.2) is 0 Å². The molecule has 0 aromatic heterocycles. The molecule has 5 heteroatoms. The Morgan fingerprint density at radius 1 is 1.40 bits per heavy atom. The van der Waals surface area contributed by atoms with Crippen molar-refractivity contribution in [3.8, 4) is 0 Å². The van der Waals surface area contributed by atoms with Crippen molar-refractivity contribution < 1.29 is 4.79 Å². The summed E-state index contributed by atoms with van der Waals surface area (Å²) in [5.41, 5.74) is 6.09. The van der Waals surface area contributed by atoms with Gasteiger partial charge in [-0.3, -0.25) is 15.5 Å². The van der Waals surface area contributed by atoms with Crippen LogP contribution in [0.5, 0.6) is 0 Å². The fourth-order valence-electron chi connectivity index (χ4n) is 2.17. The molecule has 0 spiro atoms. The van der Waals surface area contributed by atoms with Crippen LogP contribution in [0.25, 0.3) is 0 Å². The monoisotopic (exact) mass is 212 g/mol. The molecule has 86 valence electrons. The SMILES string of the molecule is CC(C)(C)N1CNC2NNCCC2C1=O. The van der Waals surface area contributed by atoms with Gasteiger partial charge in [0, 0.05) is 12.1 Å². The lowest BCUT2D eigenvalue weighted by Crippen LogP contribution is -2.69. The number of hydrazine groups is 1. The lowest BCUT2D eigenvalue weighted by molar-refractivity contribution is -0.148. The Balaban J connectivity index is 2.11. The van der Waals surface area contributed by atoms with E-state index >= 15 is 0 Å². The molecule has 5 nitrogen and oxygen atoms in total. The van der Waals surface area contributed by atoms with E-state index < -0.39 is 0 Å². The van der Waals surface area contributed by atoms with Crippen molar-refractivity contribution in [3.63, 3.8) is 0 Å². The average Bonchev–Trinajstić information content (AvgIpc) is 2.16. The number of rotatable bonds is 0. The lowest BCUT2D eigenvalue weighted by Gasteiger charge is -2.46. The highest BCUT2D eigenvalue weighted by Gasteiger charge is 2.41. The van der Waals surface area contributed by atoms with Crippen molar-refractivity contribution in [3.05, 3.63) is 0 Å². The second-order valence-electron chi connectivity index (χ2n) is 5.24. The predicted octanol–water partition coefficient (Wildman–Crippen LogP) is -0.386. The zero-order valence-corrected chi connectivity index (χ0v) is 9.63. The third kappa shape index (κ3) is 2.00. The van der Waals surface area contributed by atoms with Crippen LogP contribution in [0, 0.1) is 5.92 Å². The number of amides is 1. The first kappa shape index (κ1) is 10.9. The standard InChI is InChI=1S/C10H20N4O/c1-10(2,3)14-6-11-8-7(9(14)15)4-5-12-13-8/h7-8,11-13H,4-6H2,1-3H3. The van der Waals surface area contributed by atoms with Gasteiger partial charge in [0.25, 0.3) is 0 Å². The van der Waals surface area contributed by atoms with Gasteiger partial charge in [-0.15, -0.1) is 0 Å². The summed E-state index contributed by atoms with van der Waals surface area (Å²) in [7, 11) is 0. The smallest absolute Gasteiger partial charge is 0.230 e. The molecule has 0 aliphatic carbocycles. The Hall–Kier alpha value is -0.650. The maximum atomic E-state index is 12.2. The maximum absolute atomic E-state index is 12.2. The van der Waals surface area contributed by atoms with Gasteiger partial charge in [0.05, 0.1) is 18.8 Å². The molecule has 2 heterocycles. The van der Waals surface area contributed by atoms with Crippen LogP contribution in [-0.4, -0.2) is 35.7 Å². The number of carbonyl (C=O) groups is 1. The first-order valence-corrected chi connectivity index (χ1v) is 5.53. The zero-order chi connectivity index (χ0) is 11.1. The third-order valence-corrected chi connectivity index (χ3v) is 3.10. The maximum Gasteiger partial charge on any atom is 0.230 e. The van der Waals surface area contributed by atoms with E-state index in [1.165, 1.54) is 0 Å². The molecule has 0 bridgehead atoms. The molecule has 2 unspecified atom stereocenters. The molecule has 0 saturated carbocycles. The summed E-state index contributed by atoms with van der Waals surface area (Å²) in [6.07, 6.45) is 0.987. The van der Waals surface area contributed by atoms with Crippen molar-refractivity contribution in [1.82, 2.24) is 21.1 Å². The molecular formula is C10H20N4O. The zero-order valence-electron chi connectivity index (χ0n) is 9.63. The van der Waals surface area contributed by atoms with E-state index in [0.29, 0.717) is 6.67 Å². The molecule has 15 heavy (non-hydrogen) atoms. The second kappa shape index (κ2) is 3.73. The number of fused-ring (bicyclic) bond motifs is 1. The highest BCUT2D eigenvalue weighted by atomic mass is 16.2.